The highest BCUT2D eigenvalue weighted by Gasteiger charge is 2.34. The quantitative estimate of drug-likeness (QED) is 0.345. The lowest BCUT2D eigenvalue weighted by molar-refractivity contribution is -0.140. The Labute approximate surface area is 230 Å². The predicted octanol–water partition coefficient (Wildman–Crippen LogP) is 3.84. The van der Waals surface area contributed by atoms with Crippen LogP contribution in [0.25, 0.3) is 0 Å². The van der Waals surface area contributed by atoms with Gasteiger partial charge in [0.15, 0.2) is 0 Å². The van der Waals surface area contributed by atoms with Crippen LogP contribution >= 0.6 is 0 Å². The number of benzene rings is 3. The molecule has 0 aliphatic rings. The smallest absolute Gasteiger partial charge is 0.264 e. The molecule has 1 atom stereocenters. The van der Waals surface area contributed by atoms with E-state index in [0.29, 0.717) is 24.5 Å². The molecule has 208 valence electrons. The van der Waals surface area contributed by atoms with Crippen molar-refractivity contribution >= 4 is 27.5 Å². The maximum Gasteiger partial charge on any atom is 0.264 e. The van der Waals surface area contributed by atoms with E-state index >= 15 is 0 Å². The number of sulfonamides is 1. The van der Waals surface area contributed by atoms with E-state index in [1.54, 1.807) is 81.6 Å². The zero-order valence-electron chi connectivity index (χ0n) is 22.7. The van der Waals surface area contributed by atoms with E-state index in [2.05, 4.69) is 5.32 Å². The SMILES string of the molecule is CCOc1ccccc1N(CC(=O)N(Cc1cccc(OC)c1)C(CC)C(=O)NC)S(=O)(=O)c1ccccc1. The summed E-state index contributed by atoms with van der Waals surface area (Å²) in [4.78, 5) is 28.3. The minimum atomic E-state index is -4.18. The maximum atomic E-state index is 14.0. The van der Waals surface area contributed by atoms with E-state index in [9.17, 15) is 18.0 Å². The molecule has 1 N–H and O–H groups in total. The van der Waals surface area contributed by atoms with Gasteiger partial charge >= 0.3 is 0 Å². The van der Waals surface area contributed by atoms with E-state index in [-0.39, 0.29) is 23.0 Å². The van der Waals surface area contributed by atoms with Crippen LogP contribution in [0.1, 0.15) is 25.8 Å². The van der Waals surface area contributed by atoms with E-state index < -0.39 is 28.5 Å². The fourth-order valence-electron chi connectivity index (χ4n) is 4.23. The Morgan fingerprint density at radius 3 is 2.28 bits per heavy atom. The lowest BCUT2D eigenvalue weighted by Crippen LogP contribution is -2.51. The van der Waals surface area contributed by atoms with Gasteiger partial charge in [-0.3, -0.25) is 13.9 Å². The number of hydrogen-bond donors (Lipinski definition) is 1. The average molecular weight is 554 g/mol. The molecule has 0 aliphatic heterocycles. The fourth-order valence-corrected chi connectivity index (χ4v) is 5.67. The molecule has 0 aromatic heterocycles. The van der Waals surface area contributed by atoms with Crippen LogP contribution in [0.15, 0.2) is 83.8 Å². The van der Waals surface area contributed by atoms with Gasteiger partial charge in [-0.15, -0.1) is 0 Å². The maximum absolute atomic E-state index is 14.0. The Bertz CT molecular complexity index is 1360. The molecule has 3 aromatic rings. The summed E-state index contributed by atoms with van der Waals surface area (Å²) in [6, 6.07) is 20.9. The van der Waals surface area contributed by atoms with Crippen LogP contribution in [-0.4, -0.2) is 58.5 Å². The summed E-state index contributed by atoms with van der Waals surface area (Å²) in [5.41, 5.74) is 0.961. The van der Waals surface area contributed by atoms with E-state index in [0.717, 1.165) is 9.87 Å². The fraction of sp³-hybridized carbons (Fsp3) is 0.310. The number of ether oxygens (including phenoxy) is 2. The summed E-state index contributed by atoms with van der Waals surface area (Å²) in [5.74, 6) is 0.0387. The molecule has 0 saturated carbocycles. The number of methoxy groups -OCH3 is 1. The van der Waals surface area contributed by atoms with Crippen LogP contribution in [-0.2, 0) is 26.2 Å². The second kappa shape index (κ2) is 13.7. The lowest BCUT2D eigenvalue weighted by atomic mass is 10.1. The second-order valence-electron chi connectivity index (χ2n) is 8.64. The molecule has 39 heavy (non-hydrogen) atoms. The normalized spacial score (nSPS) is 11.8. The lowest BCUT2D eigenvalue weighted by Gasteiger charge is -2.33. The zero-order valence-corrected chi connectivity index (χ0v) is 23.5. The van der Waals surface area contributed by atoms with Crippen molar-refractivity contribution in [1.29, 1.82) is 0 Å². The van der Waals surface area contributed by atoms with Gasteiger partial charge in [0.05, 0.1) is 24.3 Å². The topological polar surface area (TPSA) is 105 Å². The standard InChI is InChI=1S/C29H35N3O6S/c1-5-25(29(34)30-3)31(20-22-13-12-14-23(19-22)37-4)28(33)21-32(26-17-10-11-18-27(26)38-6-2)39(35,36)24-15-8-7-9-16-24/h7-19,25H,5-6,20-21H2,1-4H3,(H,30,34). The minimum Gasteiger partial charge on any atom is -0.497 e. The van der Waals surface area contributed by atoms with Crippen LogP contribution in [0, 0.1) is 0 Å². The first-order valence-corrected chi connectivity index (χ1v) is 14.1. The summed E-state index contributed by atoms with van der Waals surface area (Å²) in [7, 11) is -1.13. The Balaban J connectivity index is 2.10. The Morgan fingerprint density at radius 2 is 1.64 bits per heavy atom. The number of carbonyl (C=O) groups excluding carboxylic acids is 2. The van der Waals surface area contributed by atoms with E-state index in [1.165, 1.54) is 24.1 Å². The summed E-state index contributed by atoms with van der Waals surface area (Å²) in [6.07, 6.45) is 0.330. The zero-order chi connectivity index (χ0) is 28.4. The number of likely N-dealkylation sites (N-methyl/N-ethyl adjacent to an activating group) is 1. The molecule has 0 radical (unpaired) electrons. The van der Waals surface area contributed by atoms with Crippen LogP contribution in [0.3, 0.4) is 0 Å². The van der Waals surface area contributed by atoms with E-state index in [1.807, 2.05) is 6.07 Å². The number of nitrogens with one attached hydrogen (secondary N) is 1. The predicted molar refractivity (Wildman–Crippen MR) is 150 cm³/mol. The van der Waals surface area contributed by atoms with Gasteiger partial charge in [-0.25, -0.2) is 8.42 Å². The molecule has 0 heterocycles. The Morgan fingerprint density at radius 1 is 0.949 bits per heavy atom. The van der Waals surface area contributed by atoms with Crippen molar-refractivity contribution in [3.8, 4) is 11.5 Å². The summed E-state index contributed by atoms with van der Waals surface area (Å²) >= 11 is 0. The summed E-state index contributed by atoms with van der Waals surface area (Å²) in [6.45, 7) is 3.44. The average Bonchev–Trinajstić information content (AvgIpc) is 2.96. The molecule has 9 nitrogen and oxygen atoms in total. The monoisotopic (exact) mass is 553 g/mol. The van der Waals surface area contributed by atoms with Gasteiger partial charge in [-0.05, 0) is 55.3 Å². The first-order chi connectivity index (χ1) is 18.8. The van der Waals surface area contributed by atoms with Crippen molar-refractivity contribution in [2.75, 3.05) is 31.6 Å². The van der Waals surface area contributed by atoms with Crippen LogP contribution in [0.5, 0.6) is 11.5 Å². The number of amides is 2. The minimum absolute atomic E-state index is 0.0294. The van der Waals surface area contributed by atoms with Gasteiger partial charge < -0.3 is 19.7 Å². The Kier molecular flexibility index (Phi) is 10.3. The first-order valence-electron chi connectivity index (χ1n) is 12.7. The third-order valence-corrected chi connectivity index (χ3v) is 7.94. The van der Waals surface area contributed by atoms with E-state index in [4.69, 9.17) is 9.47 Å². The highest BCUT2D eigenvalue weighted by atomic mass is 32.2. The van der Waals surface area contributed by atoms with Gasteiger partial charge in [0.25, 0.3) is 10.0 Å². The second-order valence-corrected chi connectivity index (χ2v) is 10.5. The third-order valence-electron chi connectivity index (χ3n) is 6.16. The molecule has 1 unspecified atom stereocenters. The molecule has 3 rings (SSSR count). The van der Waals surface area contributed by atoms with Gasteiger partial charge in [-0.2, -0.15) is 0 Å². The first kappa shape index (κ1) is 29.5. The molecule has 0 fully saturated rings. The van der Waals surface area contributed by atoms with Crippen molar-refractivity contribution in [2.45, 2.75) is 37.8 Å². The van der Waals surface area contributed by atoms with Crippen LogP contribution < -0.4 is 19.1 Å². The number of hydrogen-bond acceptors (Lipinski definition) is 6. The van der Waals surface area contributed by atoms with Gasteiger partial charge in [0, 0.05) is 13.6 Å². The molecule has 0 bridgehead atoms. The number of nitrogens with zero attached hydrogens (tertiary/aromatic N) is 2. The largest absolute Gasteiger partial charge is 0.497 e. The molecule has 0 spiro atoms. The van der Waals surface area contributed by atoms with Gasteiger partial charge in [0.2, 0.25) is 11.8 Å². The number of rotatable bonds is 13. The van der Waals surface area contributed by atoms with Crippen molar-refractivity contribution in [3.63, 3.8) is 0 Å². The molecule has 3 aromatic carbocycles. The molecular weight excluding hydrogens is 518 g/mol. The van der Waals surface area contributed by atoms with Crippen molar-refractivity contribution in [3.05, 3.63) is 84.4 Å². The Hall–Kier alpha value is -4.05. The third kappa shape index (κ3) is 7.08. The number of para-hydroxylation sites is 2. The molecule has 10 heteroatoms. The van der Waals surface area contributed by atoms with Crippen molar-refractivity contribution in [1.82, 2.24) is 10.2 Å². The van der Waals surface area contributed by atoms with Crippen molar-refractivity contribution < 1.29 is 27.5 Å². The number of anilines is 1. The van der Waals surface area contributed by atoms with Crippen molar-refractivity contribution in [2.24, 2.45) is 0 Å². The highest BCUT2D eigenvalue weighted by molar-refractivity contribution is 7.92. The van der Waals surface area contributed by atoms with Crippen LogP contribution in [0.4, 0.5) is 5.69 Å². The van der Waals surface area contributed by atoms with Gasteiger partial charge in [0.1, 0.15) is 24.1 Å². The molecule has 0 saturated heterocycles. The molecular formula is C29H35N3O6S. The summed E-state index contributed by atoms with van der Waals surface area (Å²) < 4.78 is 39.9. The van der Waals surface area contributed by atoms with Crippen LogP contribution in [0.2, 0.25) is 0 Å². The highest BCUT2D eigenvalue weighted by Crippen LogP contribution is 2.33. The molecule has 0 aliphatic carbocycles. The summed E-state index contributed by atoms with van der Waals surface area (Å²) in [5, 5.41) is 2.62. The molecule has 2 amide bonds. The van der Waals surface area contributed by atoms with Gasteiger partial charge in [-0.1, -0.05) is 49.4 Å². The number of carbonyl (C=O) groups is 2.